The van der Waals surface area contributed by atoms with Gasteiger partial charge in [0, 0.05) is 50.3 Å². The molecule has 0 radical (unpaired) electrons. The molecule has 0 bridgehead atoms. The predicted molar refractivity (Wildman–Crippen MR) is 96.8 cm³/mol. The highest BCUT2D eigenvalue weighted by molar-refractivity contribution is 5.39. The van der Waals surface area contributed by atoms with E-state index >= 15 is 0 Å². The van der Waals surface area contributed by atoms with Crippen molar-refractivity contribution in [2.45, 2.75) is 39.3 Å². The molecule has 5 heteroatoms. The number of rotatable bonds is 5. The fraction of sp³-hybridized carbons (Fsp3) is 0.550. The van der Waals surface area contributed by atoms with Crippen LogP contribution >= 0.6 is 0 Å². The van der Waals surface area contributed by atoms with Crippen LogP contribution in [0.2, 0.25) is 0 Å². The summed E-state index contributed by atoms with van der Waals surface area (Å²) in [7, 11) is 2.01. The Hall–Kier alpha value is -1.85. The Labute approximate surface area is 149 Å². The molecule has 0 unspecified atom stereocenters. The van der Waals surface area contributed by atoms with Gasteiger partial charge in [0.05, 0.1) is 18.4 Å². The molecule has 0 saturated carbocycles. The van der Waals surface area contributed by atoms with Gasteiger partial charge >= 0.3 is 0 Å². The summed E-state index contributed by atoms with van der Waals surface area (Å²) in [4.78, 5) is 0. The van der Waals surface area contributed by atoms with Crippen molar-refractivity contribution in [3.63, 3.8) is 0 Å². The van der Waals surface area contributed by atoms with E-state index in [2.05, 4.69) is 42.5 Å². The molecular formula is C20H27N3O2. The summed E-state index contributed by atoms with van der Waals surface area (Å²) in [5.41, 5.74) is 6.25. The van der Waals surface area contributed by atoms with E-state index in [0.29, 0.717) is 5.92 Å². The molecule has 0 spiro atoms. The summed E-state index contributed by atoms with van der Waals surface area (Å²) in [6.07, 6.45) is 2.29. The second-order valence-corrected chi connectivity index (χ2v) is 7.22. The zero-order chi connectivity index (χ0) is 17.4. The monoisotopic (exact) mass is 341 g/mol. The fourth-order valence-electron chi connectivity index (χ4n) is 4.12. The summed E-state index contributed by atoms with van der Waals surface area (Å²) in [6.45, 7) is 7.72. The van der Waals surface area contributed by atoms with E-state index in [1.54, 1.807) is 0 Å². The second kappa shape index (κ2) is 6.81. The van der Waals surface area contributed by atoms with Gasteiger partial charge in [-0.05, 0) is 37.5 Å². The third kappa shape index (κ3) is 3.18. The summed E-state index contributed by atoms with van der Waals surface area (Å²) < 4.78 is 13.6. The number of nitrogens with one attached hydrogen (secondary N) is 1. The van der Waals surface area contributed by atoms with E-state index in [1.165, 1.54) is 22.4 Å². The average molecular weight is 341 g/mol. The number of aryl methyl sites for hydroxylation is 2. The molecule has 1 aromatic heterocycles. The number of aromatic nitrogens is 2. The van der Waals surface area contributed by atoms with Gasteiger partial charge in [0.15, 0.2) is 0 Å². The first-order valence-electron chi connectivity index (χ1n) is 9.20. The van der Waals surface area contributed by atoms with Crippen LogP contribution in [0.3, 0.4) is 0 Å². The highest BCUT2D eigenvalue weighted by atomic mass is 16.5. The fourth-order valence-corrected chi connectivity index (χ4v) is 4.12. The Morgan fingerprint density at radius 2 is 2.16 bits per heavy atom. The Morgan fingerprint density at radius 3 is 2.96 bits per heavy atom. The highest BCUT2D eigenvalue weighted by Gasteiger charge is 2.33. The lowest BCUT2D eigenvalue weighted by Crippen LogP contribution is -2.25. The zero-order valence-electron chi connectivity index (χ0n) is 15.3. The SMILES string of the molecule is Cc1nn(C)c(C)c1[C@H]1OCC[C@H]1CNCc1ccc2c(c1)CCO2. The maximum Gasteiger partial charge on any atom is 0.122 e. The Morgan fingerprint density at radius 1 is 1.28 bits per heavy atom. The van der Waals surface area contributed by atoms with E-state index in [0.717, 1.165) is 50.6 Å². The van der Waals surface area contributed by atoms with Crippen LogP contribution in [0.25, 0.3) is 0 Å². The van der Waals surface area contributed by atoms with Crippen molar-refractivity contribution in [1.82, 2.24) is 15.1 Å². The van der Waals surface area contributed by atoms with Crippen LogP contribution < -0.4 is 10.1 Å². The Balaban J connectivity index is 1.39. The van der Waals surface area contributed by atoms with Crippen LogP contribution in [0.5, 0.6) is 5.75 Å². The van der Waals surface area contributed by atoms with Crippen molar-refractivity contribution in [1.29, 1.82) is 0 Å². The molecule has 0 aliphatic carbocycles. The third-order valence-corrected chi connectivity index (χ3v) is 5.55. The smallest absolute Gasteiger partial charge is 0.122 e. The number of hydrogen-bond acceptors (Lipinski definition) is 4. The first kappa shape index (κ1) is 16.6. The Bertz CT molecular complexity index is 769. The van der Waals surface area contributed by atoms with Gasteiger partial charge in [-0.15, -0.1) is 0 Å². The van der Waals surface area contributed by atoms with Crippen molar-refractivity contribution in [2.75, 3.05) is 19.8 Å². The van der Waals surface area contributed by atoms with Crippen molar-refractivity contribution in [2.24, 2.45) is 13.0 Å². The molecule has 2 aromatic rings. The summed E-state index contributed by atoms with van der Waals surface area (Å²) >= 11 is 0. The standard InChI is InChI=1S/C20H27N3O2/c1-13-19(14(2)23(3)22-13)20-17(7-9-25-20)12-21-11-15-4-5-18-16(10-15)6-8-24-18/h4-5,10,17,20-21H,6-9,11-12H2,1-3H3/t17-,20-/m0/s1. The van der Waals surface area contributed by atoms with Gasteiger partial charge < -0.3 is 14.8 Å². The molecule has 2 aliphatic rings. The average Bonchev–Trinajstić information content (AvgIpc) is 3.28. The summed E-state index contributed by atoms with van der Waals surface area (Å²) in [5.74, 6) is 1.55. The van der Waals surface area contributed by atoms with E-state index in [1.807, 2.05) is 11.7 Å². The van der Waals surface area contributed by atoms with Gasteiger partial charge in [0.1, 0.15) is 5.75 Å². The molecule has 4 rings (SSSR count). The van der Waals surface area contributed by atoms with Crippen LogP contribution in [0, 0.1) is 19.8 Å². The number of fused-ring (bicyclic) bond motifs is 1. The zero-order valence-corrected chi connectivity index (χ0v) is 15.3. The van der Waals surface area contributed by atoms with Crippen molar-refractivity contribution in [3.8, 4) is 5.75 Å². The first-order valence-corrected chi connectivity index (χ1v) is 9.20. The second-order valence-electron chi connectivity index (χ2n) is 7.22. The first-order chi connectivity index (χ1) is 12.1. The molecule has 0 amide bonds. The lowest BCUT2D eigenvalue weighted by molar-refractivity contribution is 0.0893. The Kier molecular flexibility index (Phi) is 4.52. The van der Waals surface area contributed by atoms with Gasteiger partial charge in [-0.1, -0.05) is 12.1 Å². The van der Waals surface area contributed by atoms with Gasteiger partial charge in [-0.3, -0.25) is 4.68 Å². The third-order valence-electron chi connectivity index (χ3n) is 5.55. The van der Waals surface area contributed by atoms with E-state index < -0.39 is 0 Å². The molecule has 3 heterocycles. The van der Waals surface area contributed by atoms with Crippen LogP contribution in [0.15, 0.2) is 18.2 Å². The van der Waals surface area contributed by atoms with E-state index in [9.17, 15) is 0 Å². The molecule has 1 fully saturated rings. The highest BCUT2D eigenvalue weighted by Crippen LogP contribution is 2.37. The van der Waals surface area contributed by atoms with Gasteiger partial charge in [0.25, 0.3) is 0 Å². The molecule has 2 atom stereocenters. The number of nitrogens with zero attached hydrogens (tertiary/aromatic N) is 2. The van der Waals surface area contributed by atoms with Crippen LogP contribution in [-0.4, -0.2) is 29.5 Å². The molecule has 5 nitrogen and oxygen atoms in total. The quantitative estimate of drug-likeness (QED) is 0.908. The van der Waals surface area contributed by atoms with Gasteiger partial charge in [-0.2, -0.15) is 5.10 Å². The molecule has 2 aliphatic heterocycles. The topological polar surface area (TPSA) is 48.3 Å². The van der Waals surface area contributed by atoms with Crippen LogP contribution in [0.4, 0.5) is 0 Å². The predicted octanol–water partition coefficient (Wildman–Crippen LogP) is 2.84. The minimum absolute atomic E-state index is 0.162. The molecule has 134 valence electrons. The molecule has 25 heavy (non-hydrogen) atoms. The maximum absolute atomic E-state index is 6.08. The lowest BCUT2D eigenvalue weighted by atomic mass is 9.94. The molecule has 1 saturated heterocycles. The van der Waals surface area contributed by atoms with Crippen molar-refractivity contribution >= 4 is 0 Å². The molecular weight excluding hydrogens is 314 g/mol. The number of hydrogen-bond donors (Lipinski definition) is 1. The van der Waals surface area contributed by atoms with Gasteiger partial charge in [0.2, 0.25) is 0 Å². The van der Waals surface area contributed by atoms with Crippen molar-refractivity contribution < 1.29 is 9.47 Å². The normalized spacial score (nSPS) is 22.2. The lowest BCUT2D eigenvalue weighted by Gasteiger charge is -2.20. The number of benzene rings is 1. The summed E-state index contributed by atoms with van der Waals surface area (Å²) in [5, 5.41) is 8.19. The number of ether oxygens (including phenoxy) is 2. The largest absolute Gasteiger partial charge is 0.493 e. The van der Waals surface area contributed by atoms with E-state index in [4.69, 9.17) is 9.47 Å². The van der Waals surface area contributed by atoms with Crippen molar-refractivity contribution in [3.05, 3.63) is 46.3 Å². The summed E-state index contributed by atoms with van der Waals surface area (Å²) in [6, 6.07) is 6.53. The molecule has 1 N–H and O–H groups in total. The molecule has 1 aromatic carbocycles. The van der Waals surface area contributed by atoms with Gasteiger partial charge in [-0.25, -0.2) is 0 Å². The maximum atomic E-state index is 6.08. The van der Waals surface area contributed by atoms with Crippen LogP contribution in [-0.2, 0) is 24.8 Å². The minimum atomic E-state index is 0.162. The van der Waals surface area contributed by atoms with E-state index in [-0.39, 0.29) is 6.10 Å². The van der Waals surface area contributed by atoms with Crippen LogP contribution in [0.1, 0.15) is 40.6 Å². The minimum Gasteiger partial charge on any atom is -0.493 e.